The van der Waals surface area contributed by atoms with Crippen LogP contribution in [-0.4, -0.2) is 35.3 Å². The fraction of sp³-hybridized carbons (Fsp3) is 0.333. The van der Waals surface area contributed by atoms with E-state index in [2.05, 4.69) is 20.6 Å². The molecule has 1 heterocycles. The van der Waals surface area contributed by atoms with E-state index in [1.165, 1.54) is 7.11 Å². The van der Waals surface area contributed by atoms with Gasteiger partial charge in [-0.25, -0.2) is 4.98 Å². The molecule has 2 aromatic rings. The Morgan fingerprint density at radius 2 is 2.00 bits per heavy atom. The highest BCUT2D eigenvalue weighted by atomic mass is 19.4. The van der Waals surface area contributed by atoms with Crippen LogP contribution in [0.2, 0.25) is 0 Å². The van der Waals surface area contributed by atoms with E-state index >= 15 is 0 Å². The number of aromatic nitrogens is 2. The summed E-state index contributed by atoms with van der Waals surface area (Å²) in [7, 11) is 1.49. The predicted molar refractivity (Wildman–Crippen MR) is 83.5 cm³/mol. The SMILES string of the molecule is COc1cccc(Nc2cc(C(F)(F)F)nc(NCCCO)n2)c1. The Kier molecular flexibility index (Phi) is 5.80. The lowest BCUT2D eigenvalue weighted by Gasteiger charge is -2.13. The van der Waals surface area contributed by atoms with Crippen molar-refractivity contribution in [2.75, 3.05) is 30.9 Å². The maximum absolute atomic E-state index is 13.0. The summed E-state index contributed by atoms with van der Waals surface area (Å²) in [5.41, 5.74) is -0.531. The predicted octanol–water partition coefficient (Wildman–Crippen LogP) is 3.04. The number of hydrogen-bond acceptors (Lipinski definition) is 6. The quantitative estimate of drug-likeness (QED) is 0.671. The van der Waals surface area contributed by atoms with Crippen LogP contribution in [0.25, 0.3) is 0 Å². The van der Waals surface area contributed by atoms with Crippen LogP contribution >= 0.6 is 0 Å². The van der Waals surface area contributed by atoms with Crippen LogP contribution in [0.4, 0.5) is 30.6 Å². The number of methoxy groups -OCH3 is 1. The zero-order valence-electron chi connectivity index (χ0n) is 12.9. The molecule has 0 atom stereocenters. The van der Waals surface area contributed by atoms with Gasteiger partial charge in [0.1, 0.15) is 11.6 Å². The first kappa shape index (κ1) is 17.8. The Bertz CT molecular complexity index is 680. The third-order valence-electron chi connectivity index (χ3n) is 2.98. The number of rotatable bonds is 7. The summed E-state index contributed by atoms with van der Waals surface area (Å²) in [6.45, 7) is 0.178. The largest absolute Gasteiger partial charge is 0.497 e. The lowest BCUT2D eigenvalue weighted by Crippen LogP contribution is -2.14. The van der Waals surface area contributed by atoms with E-state index in [0.29, 0.717) is 17.9 Å². The molecular weight excluding hydrogens is 325 g/mol. The van der Waals surface area contributed by atoms with Gasteiger partial charge in [-0.1, -0.05) is 6.07 Å². The van der Waals surface area contributed by atoms with Crippen molar-refractivity contribution in [1.82, 2.24) is 9.97 Å². The monoisotopic (exact) mass is 342 g/mol. The lowest BCUT2D eigenvalue weighted by molar-refractivity contribution is -0.141. The van der Waals surface area contributed by atoms with Gasteiger partial charge in [0.25, 0.3) is 0 Å². The molecule has 24 heavy (non-hydrogen) atoms. The molecule has 0 aliphatic rings. The zero-order valence-corrected chi connectivity index (χ0v) is 12.9. The van der Waals surface area contributed by atoms with Crippen molar-refractivity contribution >= 4 is 17.5 Å². The molecule has 0 unspecified atom stereocenters. The molecule has 130 valence electrons. The molecule has 1 aromatic heterocycles. The standard InChI is InChI=1S/C15H17F3N4O2/c1-24-11-5-2-4-10(8-11)20-13-9-12(15(16,17)18)21-14(22-13)19-6-3-7-23/h2,4-5,8-9,23H,3,6-7H2,1H3,(H2,19,20,21,22). The first-order valence-corrected chi connectivity index (χ1v) is 7.14. The number of aliphatic hydroxyl groups is 1. The Hall–Kier alpha value is -2.55. The number of aliphatic hydroxyl groups excluding tert-OH is 1. The van der Waals surface area contributed by atoms with E-state index in [-0.39, 0.29) is 24.9 Å². The van der Waals surface area contributed by atoms with Gasteiger partial charge in [0.15, 0.2) is 5.69 Å². The van der Waals surface area contributed by atoms with Crippen molar-refractivity contribution in [2.45, 2.75) is 12.6 Å². The molecule has 0 spiro atoms. The van der Waals surface area contributed by atoms with Gasteiger partial charge >= 0.3 is 6.18 Å². The summed E-state index contributed by atoms with van der Waals surface area (Å²) in [4.78, 5) is 7.47. The molecule has 0 bridgehead atoms. The average Bonchev–Trinajstić information content (AvgIpc) is 2.54. The van der Waals surface area contributed by atoms with Gasteiger partial charge in [-0.3, -0.25) is 0 Å². The normalized spacial score (nSPS) is 11.2. The Balaban J connectivity index is 2.27. The van der Waals surface area contributed by atoms with Crippen molar-refractivity contribution in [2.24, 2.45) is 0 Å². The molecule has 0 radical (unpaired) electrons. The van der Waals surface area contributed by atoms with Crippen LogP contribution in [-0.2, 0) is 6.18 Å². The maximum atomic E-state index is 13.0. The van der Waals surface area contributed by atoms with E-state index in [4.69, 9.17) is 9.84 Å². The second-order valence-corrected chi connectivity index (χ2v) is 4.82. The first-order valence-electron chi connectivity index (χ1n) is 7.14. The van der Waals surface area contributed by atoms with Crippen LogP contribution in [0.1, 0.15) is 12.1 Å². The summed E-state index contributed by atoms with van der Waals surface area (Å²) in [6, 6.07) is 7.56. The van der Waals surface area contributed by atoms with Crippen LogP contribution in [0, 0.1) is 0 Å². The summed E-state index contributed by atoms with van der Waals surface area (Å²) in [5, 5.41) is 14.2. The van der Waals surface area contributed by atoms with Gasteiger partial charge in [-0.2, -0.15) is 18.2 Å². The van der Waals surface area contributed by atoms with E-state index in [9.17, 15) is 13.2 Å². The number of alkyl halides is 3. The third-order valence-corrected chi connectivity index (χ3v) is 2.98. The lowest BCUT2D eigenvalue weighted by atomic mass is 10.3. The molecule has 0 saturated heterocycles. The third kappa shape index (κ3) is 4.98. The summed E-state index contributed by atoms with van der Waals surface area (Å²) >= 11 is 0. The number of benzene rings is 1. The van der Waals surface area contributed by atoms with E-state index in [0.717, 1.165) is 6.07 Å². The number of anilines is 3. The number of hydrogen-bond donors (Lipinski definition) is 3. The van der Waals surface area contributed by atoms with Gasteiger partial charge in [-0.05, 0) is 18.6 Å². The molecule has 0 aliphatic carbocycles. The number of nitrogens with zero attached hydrogens (tertiary/aromatic N) is 2. The van der Waals surface area contributed by atoms with Gasteiger partial charge in [-0.15, -0.1) is 0 Å². The summed E-state index contributed by atoms with van der Waals surface area (Å²) in [6.07, 6.45) is -4.22. The number of ether oxygens (including phenoxy) is 1. The number of nitrogens with one attached hydrogen (secondary N) is 2. The Morgan fingerprint density at radius 1 is 1.21 bits per heavy atom. The maximum Gasteiger partial charge on any atom is 0.433 e. The number of halogens is 3. The molecule has 0 amide bonds. The van der Waals surface area contributed by atoms with Gasteiger partial charge in [0, 0.05) is 31.0 Å². The summed E-state index contributed by atoms with van der Waals surface area (Å²) in [5.74, 6) is 0.396. The fourth-order valence-electron chi connectivity index (χ4n) is 1.86. The van der Waals surface area contributed by atoms with Crippen molar-refractivity contribution in [3.63, 3.8) is 0 Å². The molecule has 2 rings (SSSR count). The average molecular weight is 342 g/mol. The van der Waals surface area contributed by atoms with Crippen LogP contribution < -0.4 is 15.4 Å². The molecule has 9 heteroatoms. The molecule has 0 saturated carbocycles. The molecule has 6 nitrogen and oxygen atoms in total. The van der Waals surface area contributed by atoms with Crippen molar-refractivity contribution in [1.29, 1.82) is 0 Å². The second-order valence-electron chi connectivity index (χ2n) is 4.82. The topological polar surface area (TPSA) is 79.3 Å². The Morgan fingerprint density at radius 3 is 2.67 bits per heavy atom. The zero-order chi connectivity index (χ0) is 17.6. The first-order chi connectivity index (χ1) is 11.4. The van der Waals surface area contributed by atoms with Gasteiger partial charge in [0.2, 0.25) is 5.95 Å². The fourth-order valence-corrected chi connectivity index (χ4v) is 1.86. The van der Waals surface area contributed by atoms with Crippen LogP contribution in [0.3, 0.4) is 0 Å². The van der Waals surface area contributed by atoms with E-state index in [1.807, 2.05) is 0 Å². The van der Waals surface area contributed by atoms with Gasteiger partial charge in [0.05, 0.1) is 7.11 Å². The van der Waals surface area contributed by atoms with Crippen molar-refractivity contribution in [3.8, 4) is 5.75 Å². The summed E-state index contributed by atoms with van der Waals surface area (Å²) < 4.78 is 44.0. The highest BCUT2D eigenvalue weighted by molar-refractivity contribution is 5.59. The molecule has 0 fully saturated rings. The highest BCUT2D eigenvalue weighted by Gasteiger charge is 2.33. The second kappa shape index (κ2) is 7.82. The van der Waals surface area contributed by atoms with E-state index in [1.54, 1.807) is 24.3 Å². The smallest absolute Gasteiger partial charge is 0.433 e. The van der Waals surface area contributed by atoms with Crippen molar-refractivity contribution < 1.29 is 23.0 Å². The molecular formula is C15H17F3N4O2. The molecule has 3 N–H and O–H groups in total. The van der Waals surface area contributed by atoms with E-state index < -0.39 is 11.9 Å². The highest BCUT2D eigenvalue weighted by Crippen LogP contribution is 2.30. The molecule has 1 aromatic carbocycles. The van der Waals surface area contributed by atoms with Crippen LogP contribution in [0.5, 0.6) is 5.75 Å². The minimum absolute atomic E-state index is 0.00271. The van der Waals surface area contributed by atoms with Crippen LogP contribution in [0.15, 0.2) is 30.3 Å². The van der Waals surface area contributed by atoms with Gasteiger partial charge < -0.3 is 20.5 Å². The van der Waals surface area contributed by atoms with Crippen molar-refractivity contribution in [3.05, 3.63) is 36.0 Å². The minimum atomic E-state index is -4.60. The minimum Gasteiger partial charge on any atom is -0.497 e. The Labute approximate surface area is 136 Å². The molecule has 0 aliphatic heterocycles.